The van der Waals surface area contributed by atoms with Crippen molar-refractivity contribution in [1.29, 1.82) is 0 Å². The van der Waals surface area contributed by atoms with Crippen LogP contribution in [0.15, 0.2) is 12.4 Å². The number of alkyl halides is 1. The van der Waals surface area contributed by atoms with E-state index in [2.05, 4.69) is 30.7 Å². The second-order valence-corrected chi connectivity index (χ2v) is 2.17. The molecule has 0 aliphatic carbocycles. The fourth-order valence-corrected chi connectivity index (χ4v) is 0.764. The third kappa shape index (κ3) is 1.52. The maximum Gasteiger partial charge on any atom is 0.287 e. The van der Waals surface area contributed by atoms with Gasteiger partial charge < -0.3 is 4.85 Å². The number of hydrogen-bond acceptors (Lipinski definition) is 2. The van der Waals surface area contributed by atoms with E-state index in [0.717, 1.165) is 5.69 Å². The van der Waals surface area contributed by atoms with Crippen molar-refractivity contribution in [3.63, 3.8) is 0 Å². The highest BCUT2D eigenvalue weighted by atomic mass is 79.9. The first-order chi connectivity index (χ1) is 4.86. The van der Waals surface area contributed by atoms with E-state index in [1.807, 2.05) is 0 Å². The first-order valence-electron chi connectivity index (χ1n) is 2.61. The highest BCUT2D eigenvalue weighted by molar-refractivity contribution is 9.08. The lowest BCUT2D eigenvalue weighted by molar-refractivity contribution is 1.12. The van der Waals surface area contributed by atoms with Gasteiger partial charge in [0.25, 0.3) is 5.82 Å². The summed E-state index contributed by atoms with van der Waals surface area (Å²) in [6.45, 7) is 6.58. The van der Waals surface area contributed by atoms with Crippen molar-refractivity contribution in [2.24, 2.45) is 0 Å². The lowest BCUT2D eigenvalue weighted by Crippen LogP contribution is -1.84. The molecule has 0 saturated heterocycles. The minimum Gasteiger partial charge on any atom is -0.359 e. The molecule has 0 N–H and O–H groups in total. The molecule has 0 bridgehead atoms. The number of halogens is 1. The molecule has 0 radical (unpaired) electrons. The van der Waals surface area contributed by atoms with E-state index in [0.29, 0.717) is 11.1 Å². The van der Waals surface area contributed by atoms with Crippen LogP contribution in [0.4, 0.5) is 5.82 Å². The summed E-state index contributed by atoms with van der Waals surface area (Å²) in [4.78, 5) is 10.9. The summed E-state index contributed by atoms with van der Waals surface area (Å²) in [7, 11) is 0. The standard InChI is InChI=1S/C6H4BrN3/c1-8-6-4-9-5(2-7)3-10-6/h3-4H,2H2. The van der Waals surface area contributed by atoms with E-state index >= 15 is 0 Å². The van der Waals surface area contributed by atoms with Gasteiger partial charge in [-0.3, -0.25) is 4.98 Å². The molecule has 1 aromatic heterocycles. The second kappa shape index (κ2) is 3.28. The molecule has 10 heavy (non-hydrogen) atoms. The van der Waals surface area contributed by atoms with Gasteiger partial charge in [0, 0.05) is 5.33 Å². The lowest BCUT2D eigenvalue weighted by atomic mass is 10.5. The van der Waals surface area contributed by atoms with Crippen LogP contribution in [0.1, 0.15) is 5.69 Å². The van der Waals surface area contributed by atoms with E-state index in [4.69, 9.17) is 6.57 Å². The van der Waals surface area contributed by atoms with Gasteiger partial charge in [0.2, 0.25) is 0 Å². The maximum atomic E-state index is 6.58. The predicted octanol–water partition coefficient (Wildman–Crippen LogP) is 1.92. The predicted molar refractivity (Wildman–Crippen MR) is 40.9 cm³/mol. The lowest BCUT2D eigenvalue weighted by Gasteiger charge is -1.88. The molecule has 0 saturated carbocycles. The van der Waals surface area contributed by atoms with E-state index in [1.165, 1.54) is 6.20 Å². The molecule has 0 aromatic carbocycles. The van der Waals surface area contributed by atoms with Crippen molar-refractivity contribution in [3.8, 4) is 0 Å². The Morgan fingerprint density at radius 3 is 2.70 bits per heavy atom. The van der Waals surface area contributed by atoms with Gasteiger partial charge in [-0.05, 0) is 0 Å². The Kier molecular flexibility index (Phi) is 2.35. The summed E-state index contributed by atoms with van der Waals surface area (Å²) in [5.74, 6) is 0.338. The van der Waals surface area contributed by atoms with Crippen LogP contribution in [0.25, 0.3) is 4.85 Å². The molecule has 3 nitrogen and oxygen atoms in total. The minimum atomic E-state index is 0.338. The van der Waals surface area contributed by atoms with Gasteiger partial charge in [0.1, 0.15) is 6.20 Å². The zero-order valence-electron chi connectivity index (χ0n) is 5.08. The molecule has 1 aromatic rings. The van der Waals surface area contributed by atoms with Crippen molar-refractivity contribution < 1.29 is 0 Å². The summed E-state index contributed by atoms with van der Waals surface area (Å²) in [5, 5.41) is 0.679. The molecule has 4 heteroatoms. The summed E-state index contributed by atoms with van der Waals surface area (Å²) in [6.07, 6.45) is 3.05. The van der Waals surface area contributed by atoms with Gasteiger partial charge in [-0.25, -0.2) is 0 Å². The van der Waals surface area contributed by atoms with E-state index in [1.54, 1.807) is 6.20 Å². The molecule has 0 unspecified atom stereocenters. The van der Waals surface area contributed by atoms with Crippen LogP contribution in [0.2, 0.25) is 0 Å². The molecule has 0 fully saturated rings. The van der Waals surface area contributed by atoms with Crippen LogP contribution < -0.4 is 0 Å². The van der Waals surface area contributed by atoms with Crippen molar-refractivity contribution >= 4 is 21.7 Å². The molecular formula is C6H4BrN3. The van der Waals surface area contributed by atoms with E-state index in [-0.39, 0.29) is 0 Å². The maximum absolute atomic E-state index is 6.58. The van der Waals surface area contributed by atoms with Crippen molar-refractivity contribution in [3.05, 3.63) is 29.5 Å². The van der Waals surface area contributed by atoms with Crippen molar-refractivity contribution in [1.82, 2.24) is 9.97 Å². The molecule has 50 valence electrons. The Hall–Kier alpha value is -0.950. The average molecular weight is 198 g/mol. The zero-order chi connectivity index (χ0) is 7.40. The zero-order valence-corrected chi connectivity index (χ0v) is 6.67. The number of nitrogens with zero attached hydrogens (tertiary/aromatic N) is 3. The molecule has 1 heterocycles. The monoisotopic (exact) mass is 197 g/mol. The summed E-state index contributed by atoms with van der Waals surface area (Å²) in [5.41, 5.74) is 0.840. The SMILES string of the molecule is [C-]#[N+]c1cnc(CBr)cn1. The molecule has 1 rings (SSSR count). The largest absolute Gasteiger partial charge is 0.359 e. The van der Waals surface area contributed by atoms with E-state index in [9.17, 15) is 0 Å². The normalized spacial score (nSPS) is 8.80. The quantitative estimate of drug-likeness (QED) is 0.509. The third-order valence-corrected chi connectivity index (χ3v) is 1.52. The first kappa shape index (κ1) is 7.16. The number of rotatable bonds is 1. The number of aromatic nitrogens is 2. The Morgan fingerprint density at radius 1 is 1.50 bits per heavy atom. The average Bonchev–Trinajstić information content (AvgIpc) is 2.05. The summed E-state index contributed by atoms with van der Waals surface area (Å²) < 4.78 is 0. The highest BCUT2D eigenvalue weighted by Gasteiger charge is 1.94. The Morgan fingerprint density at radius 2 is 2.30 bits per heavy atom. The van der Waals surface area contributed by atoms with Crippen LogP contribution in [-0.2, 0) is 5.33 Å². The Bertz CT molecular complexity index is 249. The first-order valence-corrected chi connectivity index (χ1v) is 3.73. The van der Waals surface area contributed by atoms with Crippen LogP contribution in [0.5, 0.6) is 0 Å². The third-order valence-electron chi connectivity index (χ3n) is 0.943. The molecule has 0 spiro atoms. The van der Waals surface area contributed by atoms with Crippen LogP contribution >= 0.6 is 15.9 Å². The Balaban J connectivity index is 2.93. The fourth-order valence-electron chi connectivity index (χ4n) is 0.475. The van der Waals surface area contributed by atoms with E-state index < -0.39 is 0 Å². The van der Waals surface area contributed by atoms with Gasteiger partial charge in [-0.2, -0.15) is 0 Å². The van der Waals surface area contributed by atoms with Crippen LogP contribution in [0.3, 0.4) is 0 Å². The molecule has 0 aliphatic heterocycles. The summed E-state index contributed by atoms with van der Waals surface area (Å²) >= 11 is 3.22. The molecule has 0 aliphatic rings. The second-order valence-electron chi connectivity index (χ2n) is 1.61. The van der Waals surface area contributed by atoms with Crippen LogP contribution in [-0.4, -0.2) is 9.97 Å². The van der Waals surface area contributed by atoms with Gasteiger partial charge in [-0.1, -0.05) is 22.5 Å². The van der Waals surface area contributed by atoms with Gasteiger partial charge in [0.05, 0.1) is 11.9 Å². The fraction of sp³-hybridized carbons (Fsp3) is 0.167. The van der Waals surface area contributed by atoms with Gasteiger partial charge >= 0.3 is 0 Å². The Labute approximate surface area is 67.1 Å². The van der Waals surface area contributed by atoms with Gasteiger partial charge in [0.15, 0.2) is 0 Å². The highest BCUT2D eigenvalue weighted by Crippen LogP contribution is 2.05. The minimum absolute atomic E-state index is 0.338. The van der Waals surface area contributed by atoms with Gasteiger partial charge in [-0.15, -0.1) is 4.98 Å². The molecule has 0 amide bonds. The summed E-state index contributed by atoms with van der Waals surface area (Å²) in [6, 6.07) is 0. The van der Waals surface area contributed by atoms with Crippen LogP contribution in [0, 0.1) is 6.57 Å². The van der Waals surface area contributed by atoms with Crippen molar-refractivity contribution in [2.75, 3.05) is 0 Å². The molecular weight excluding hydrogens is 194 g/mol. The number of hydrogen-bond donors (Lipinski definition) is 0. The topological polar surface area (TPSA) is 30.1 Å². The van der Waals surface area contributed by atoms with Crippen molar-refractivity contribution in [2.45, 2.75) is 5.33 Å². The smallest absolute Gasteiger partial charge is 0.287 e. The molecule has 0 atom stereocenters.